The maximum atomic E-state index is 13.3. The highest BCUT2D eigenvalue weighted by atomic mass is 19.1. The molecule has 2 aromatic rings. The number of ether oxygens (including phenoxy) is 1. The van der Waals surface area contributed by atoms with E-state index in [1.165, 1.54) is 12.1 Å². The highest BCUT2D eigenvalue weighted by molar-refractivity contribution is 5.40. The first-order valence-corrected chi connectivity index (χ1v) is 5.25. The summed E-state index contributed by atoms with van der Waals surface area (Å²) in [4.78, 5) is 0. The molecule has 0 saturated heterocycles. The molecule has 17 heavy (non-hydrogen) atoms. The van der Waals surface area contributed by atoms with Gasteiger partial charge in [-0.05, 0) is 25.2 Å². The molecule has 4 nitrogen and oxygen atoms in total. The van der Waals surface area contributed by atoms with E-state index in [0.717, 1.165) is 11.1 Å². The summed E-state index contributed by atoms with van der Waals surface area (Å²) < 4.78 is 18.6. The summed E-state index contributed by atoms with van der Waals surface area (Å²) >= 11 is 0. The molecule has 0 amide bonds. The highest BCUT2D eigenvalue weighted by Crippen LogP contribution is 2.29. The van der Waals surface area contributed by atoms with Gasteiger partial charge in [0.05, 0.1) is 19.3 Å². The van der Waals surface area contributed by atoms with E-state index in [-0.39, 0.29) is 11.9 Å². The number of hydrogen-bond donors (Lipinski definition) is 2. The van der Waals surface area contributed by atoms with Crippen molar-refractivity contribution in [3.63, 3.8) is 0 Å². The lowest BCUT2D eigenvalue weighted by molar-refractivity contribution is 0.404. The number of aromatic nitrogens is 2. The van der Waals surface area contributed by atoms with Crippen LogP contribution in [0.1, 0.15) is 17.2 Å². The Bertz CT molecular complexity index is 485. The van der Waals surface area contributed by atoms with Crippen LogP contribution in [0, 0.1) is 5.82 Å². The lowest BCUT2D eigenvalue weighted by Crippen LogP contribution is -2.18. The molecule has 90 valence electrons. The number of halogens is 1. The first-order valence-electron chi connectivity index (χ1n) is 5.25. The Labute approximate surface area is 98.8 Å². The fourth-order valence-electron chi connectivity index (χ4n) is 1.85. The molecule has 1 aromatic heterocycles. The molecule has 0 saturated carbocycles. The van der Waals surface area contributed by atoms with Crippen molar-refractivity contribution in [3.8, 4) is 5.75 Å². The average molecular weight is 235 g/mol. The van der Waals surface area contributed by atoms with Gasteiger partial charge in [0.15, 0.2) is 0 Å². The van der Waals surface area contributed by atoms with E-state index in [1.54, 1.807) is 25.6 Å². The molecule has 2 rings (SSSR count). The molecular weight excluding hydrogens is 221 g/mol. The third-order valence-corrected chi connectivity index (χ3v) is 2.64. The third-order valence-electron chi connectivity index (χ3n) is 2.64. The topological polar surface area (TPSA) is 49.9 Å². The average Bonchev–Trinajstić information content (AvgIpc) is 2.84. The smallest absolute Gasteiger partial charge is 0.124 e. The molecule has 1 heterocycles. The standard InChI is InChI=1S/C12H14FN3O/c1-14-12(8-6-15-16-7-8)10-5-9(13)3-4-11(10)17-2/h3-7,12,14H,1-2H3,(H,15,16). The van der Waals surface area contributed by atoms with Gasteiger partial charge >= 0.3 is 0 Å². The summed E-state index contributed by atoms with van der Waals surface area (Å²) in [5.74, 6) is 0.358. The Morgan fingerprint density at radius 2 is 2.29 bits per heavy atom. The van der Waals surface area contributed by atoms with Crippen LogP contribution in [-0.2, 0) is 0 Å². The zero-order valence-corrected chi connectivity index (χ0v) is 9.70. The summed E-state index contributed by atoms with van der Waals surface area (Å²) in [5.41, 5.74) is 1.67. The molecule has 1 aromatic carbocycles. The quantitative estimate of drug-likeness (QED) is 0.850. The van der Waals surface area contributed by atoms with Crippen LogP contribution >= 0.6 is 0 Å². The molecule has 0 aliphatic heterocycles. The van der Waals surface area contributed by atoms with E-state index in [2.05, 4.69) is 15.5 Å². The van der Waals surface area contributed by atoms with Crippen LogP contribution in [0.5, 0.6) is 5.75 Å². The monoisotopic (exact) mass is 235 g/mol. The van der Waals surface area contributed by atoms with Gasteiger partial charge in [-0.15, -0.1) is 0 Å². The van der Waals surface area contributed by atoms with E-state index in [1.807, 2.05) is 7.05 Å². The molecule has 0 aliphatic carbocycles. The van der Waals surface area contributed by atoms with Crippen LogP contribution in [0.25, 0.3) is 0 Å². The molecule has 2 N–H and O–H groups in total. The van der Waals surface area contributed by atoms with Gasteiger partial charge in [-0.3, -0.25) is 5.10 Å². The van der Waals surface area contributed by atoms with Crippen molar-refractivity contribution < 1.29 is 9.13 Å². The number of nitrogens with zero attached hydrogens (tertiary/aromatic N) is 1. The number of rotatable bonds is 4. The third kappa shape index (κ3) is 2.29. The van der Waals surface area contributed by atoms with E-state index >= 15 is 0 Å². The zero-order valence-electron chi connectivity index (χ0n) is 9.70. The zero-order chi connectivity index (χ0) is 12.3. The van der Waals surface area contributed by atoms with Gasteiger partial charge in [-0.2, -0.15) is 5.10 Å². The Morgan fingerprint density at radius 3 is 2.88 bits per heavy atom. The predicted molar refractivity (Wildman–Crippen MR) is 62.4 cm³/mol. The van der Waals surface area contributed by atoms with Crippen molar-refractivity contribution in [3.05, 3.63) is 47.5 Å². The number of benzene rings is 1. The van der Waals surface area contributed by atoms with Gasteiger partial charge < -0.3 is 10.1 Å². The molecular formula is C12H14FN3O. The first-order chi connectivity index (χ1) is 8.26. The number of methoxy groups -OCH3 is 1. The number of aromatic amines is 1. The van der Waals surface area contributed by atoms with Crippen molar-refractivity contribution in [2.75, 3.05) is 14.2 Å². The van der Waals surface area contributed by atoms with Gasteiger partial charge in [0.25, 0.3) is 0 Å². The maximum Gasteiger partial charge on any atom is 0.124 e. The second-order valence-electron chi connectivity index (χ2n) is 3.64. The highest BCUT2D eigenvalue weighted by Gasteiger charge is 2.18. The Hall–Kier alpha value is -1.88. The van der Waals surface area contributed by atoms with Crippen molar-refractivity contribution in [1.82, 2.24) is 15.5 Å². The van der Waals surface area contributed by atoms with Crippen LogP contribution in [0.4, 0.5) is 4.39 Å². The van der Waals surface area contributed by atoms with Crippen LogP contribution in [0.3, 0.4) is 0 Å². The van der Waals surface area contributed by atoms with E-state index in [0.29, 0.717) is 5.75 Å². The lowest BCUT2D eigenvalue weighted by Gasteiger charge is -2.18. The Morgan fingerprint density at radius 1 is 1.47 bits per heavy atom. The number of hydrogen-bond acceptors (Lipinski definition) is 3. The summed E-state index contributed by atoms with van der Waals surface area (Å²) in [5, 5.41) is 9.75. The molecule has 0 aliphatic rings. The van der Waals surface area contributed by atoms with Crippen LogP contribution < -0.4 is 10.1 Å². The van der Waals surface area contributed by atoms with Crippen LogP contribution in [0.2, 0.25) is 0 Å². The molecule has 1 unspecified atom stereocenters. The molecule has 0 bridgehead atoms. The largest absolute Gasteiger partial charge is 0.496 e. The fraction of sp³-hybridized carbons (Fsp3) is 0.250. The summed E-state index contributed by atoms with van der Waals surface area (Å²) in [6, 6.07) is 4.31. The van der Waals surface area contributed by atoms with E-state index in [9.17, 15) is 4.39 Å². The summed E-state index contributed by atoms with van der Waals surface area (Å²) in [6.45, 7) is 0. The van der Waals surface area contributed by atoms with E-state index < -0.39 is 0 Å². The van der Waals surface area contributed by atoms with Crippen LogP contribution in [0.15, 0.2) is 30.6 Å². The summed E-state index contributed by atoms with van der Waals surface area (Å²) in [7, 11) is 3.38. The summed E-state index contributed by atoms with van der Waals surface area (Å²) in [6.07, 6.45) is 3.47. The molecule has 5 heteroatoms. The van der Waals surface area contributed by atoms with Crippen molar-refractivity contribution in [1.29, 1.82) is 0 Å². The minimum absolute atomic E-state index is 0.153. The second kappa shape index (κ2) is 4.97. The van der Waals surface area contributed by atoms with Crippen molar-refractivity contribution in [2.24, 2.45) is 0 Å². The van der Waals surface area contributed by atoms with Gasteiger partial charge in [-0.25, -0.2) is 4.39 Å². The first kappa shape index (κ1) is 11.6. The van der Waals surface area contributed by atoms with E-state index in [4.69, 9.17) is 4.74 Å². The van der Waals surface area contributed by atoms with Crippen molar-refractivity contribution >= 4 is 0 Å². The molecule has 0 fully saturated rings. The van der Waals surface area contributed by atoms with Gasteiger partial charge in [0, 0.05) is 17.3 Å². The van der Waals surface area contributed by atoms with Crippen molar-refractivity contribution in [2.45, 2.75) is 6.04 Å². The fourth-order valence-corrected chi connectivity index (χ4v) is 1.85. The SMILES string of the molecule is CNC(c1cn[nH]c1)c1cc(F)ccc1OC. The second-order valence-corrected chi connectivity index (χ2v) is 3.64. The number of H-pyrrole nitrogens is 1. The predicted octanol–water partition coefficient (Wildman–Crippen LogP) is 1.87. The number of nitrogens with one attached hydrogen (secondary N) is 2. The van der Waals surface area contributed by atoms with Gasteiger partial charge in [-0.1, -0.05) is 0 Å². The maximum absolute atomic E-state index is 13.3. The van der Waals surface area contributed by atoms with Crippen LogP contribution in [-0.4, -0.2) is 24.4 Å². The Balaban J connectivity index is 2.46. The minimum Gasteiger partial charge on any atom is -0.496 e. The van der Waals surface area contributed by atoms with Gasteiger partial charge in [0.1, 0.15) is 11.6 Å². The Kier molecular flexibility index (Phi) is 3.39. The molecule has 0 spiro atoms. The lowest BCUT2D eigenvalue weighted by atomic mass is 10.0. The molecule has 1 atom stereocenters. The minimum atomic E-state index is -0.287. The molecule has 0 radical (unpaired) electrons. The normalized spacial score (nSPS) is 12.4. The van der Waals surface area contributed by atoms with Gasteiger partial charge in [0.2, 0.25) is 0 Å².